The Morgan fingerprint density at radius 3 is 2.35 bits per heavy atom. The standard InChI is InChI=1S/C21H24N2O3/c1-15-7-3-4-8-19(15)26-16(2)20(24)22-18-11-9-17(10-12-18)21(25)23-13-5-6-14-23/h3-4,7-12,16H,5-6,13-14H2,1-2H3,(H,22,24)/t16-/m1/s1. The molecule has 0 radical (unpaired) electrons. The molecule has 2 amide bonds. The molecule has 3 rings (SSSR count). The molecular formula is C21H24N2O3. The summed E-state index contributed by atoms with van der Waals surface area (Å²) in [5, 5.41) is 2.83. The maximum Gasteiger partial charge on any atom is 0.265 e. The van der Waals surface area contributed by atoms with Crippen LogP contribution in [0, 0.1) is 6.92 Å². The van der Waals surface area contributed by atoms with Crippen molar-refractivity contribution in [1.29, 1.82) is 0 Å². The van der Waals surface area contributed by atoms with E-state index in [2.05, 4.69) is 5.32 Å². The van der Waals surface area contributed by atoms with Crippen LogP contribution >= 0.6 is 0 Å². The Hall–Kier alpha value is -2.82. The number of likely N-dealkylation sites (tertiary alicyclic amines) is 1. The van der Waals surface area contributed by atoms with Gasteiger partial charge in [-0.3, -0.25) is 9.59 Å². The van der Waals surface area contributed by atoms with E-state index in [9.17, 15) is 9.59 Å². The number of carbonyl (C=O) groups excluding carboxylic acids is 2. The number of anilines is 1. The van der Waals surface area contributed by atoms with Crippen LogP contribution in [0.4, 0.5) is 5.69 Å². The van der Waals surface area contributed by atoms with Crippen molar-refractivity contribution in [2.75, 3.05) is 18.4 Å². The van der Waals surface area contributed by atoms with Crippen molar-refractivity contribution in [2.45, 2.75) is 32.8 Å². The monoisotopic (exact) mass is 352 g/mol. The molecule has 1 aliphatic rings. The predicted molar refractivity (Wildman–Crippen MR) is 101 cm³/mol. The topological polar surface area (TPSA) is 58.6 Å². The van der Waals surface area contributed by atoms with Gasteiger partial charge in [0.05, 0.1) is 0 Å². The number of para-hydroxylation sites is 1. The molecule has 1 aliphatic heterocycles. The number of ether oxygens (including phenoxy) is 1. The highest BCUT2D eigenvalue weighted by molar-refractivity contribution is 5.97. The van der Waals surface area contributed by atoms with Gasteiger partial charge in [0, 0.05) is 24.3 Å². The third-order valence-corrected chi connectivity index (χ3v) is 4.56. The second-order valence-corrected chi connectivity index (χ2v) is 6.59. The summed E-state index contributed by atoms with van der Waals surface area (Å²) in [5.74, 6) is 0.519. The summed E-state index contributed by atoms with van der Waals surface area (Å²) in [6.07, 6.45) is 1.51. The highest BCUT2D eigenvalue weighted by atomic mass is 16.5. The van der Waals surface area contributed by atoms with Gasteiger partial charge >= 0.3 is 0 Å². The van der Waals surface area contributed by atoms with Crippen molar-refractivity contribution >= 4 is 17.5 Å². The van der Waals surface area contributed by atoms with Crippen LogP contribution in [-0.2, 0) is 4.79 Å². The Morgan fingerprint density at radius 2 is 1.69 bits per heavy atom. The van der Waals surface area contributed by atoms with E-state index in [1.54, 1.807) is 31.2 Å². The number of benzene rings is 2. The summed E-state index contributed by atoms with van der Waals surface area (Å²) < 4.78 is 5.74. The van der Waals surface area contributed by atoms with Gasteiger partial charge < -0.3 is 15.0 Å². The number of hydrogen-bond donors (Lipinski definition) is 1. The lowest BCUT2D eigenvalue weighted by molar-refractivity contribution is -0.122. The van der Waals surface area contributed by atoms with E-state index in [4.69, 9.17) is 4.74 Å². The number of hydrogen-bond acceptors (Lipinski definition) is 3. The van der Waals surface area contributed by atoms with Crippen LogP contribution in [-0.4, -0.2) is 35.9 Å². The summed E-state index contributed by atoms with van der Waals surface area (Å²) in [6, 6.07) is 14.6. The molecule has 1 fully saturated rings. The Bertz CT molecular complexity index is 780. The van der Waals surface area contributed by atoms with Gasteiger partial charge in [-0.15, -0.1) is 0 Å². The summed E-state index contributed by atoms with van der Waals surface area (Å²) in [7, 11) is 0. The first-order valence-electron chi connectivity index (χ1n) is 8.97. The molecule has 0 aromatic heterocycles. The summed E-state index contributed by atoms with van der Waals surface area (Å²) in [4.78, 5) is 26.6. The highest BCUT2D eigenvalue weighted by Gasteiger charge is 2.20. The molecule has 2 aromatic rings. The second-order valence-electron chi connectivity index (χ2n) is 6.59. The average molecular weight is 352 g/mol. The van der Waals surface area contributed by atoms with Crippen molar-refractivity contribution in [3.63, 3.8) is 0 Å². The molecule has 0 spiro atoms. The average Bonchev–Trinajstić information content (AvgIpc) is 3.18. The summed E-state index contributed by atoms with van der Waals surface area (Å²) >= 11 is 0. The van der Waals surface area contributed by atoms with Crippen LogP contribution in [0.2, 0.25) is 0 Å². The first kappa shape index (κ1) is 18.0. The van der Waals surface area contributed by atoms with Gasteiger partial charge in [-0.25, -0.2) is 0 Å². The normalized spacial score (nSPS) is 14.8. The van der Waals surface area contributed by atoms with E-state index in [0.717, 1.165) is 31.5 Å². The lowest BCUT2D eigenvalue weighted by atomic mass is 10.2. The van der Waals surface area contributed by atoms with Crippen LogP contribution < -0.4 is 10.1 Å². The maximum atomic E-state index is 12.3. The Labute approximate surface area is 154 Å². The maximum absolute atomic E-state index is 12.3. The van der Waals surface area contributed by atoms with Gasteiger partial charge in [0.15, 0.2) is 6.10 Å². The highest BCUT2D eigenvalue weighted by Crippen LogP contribution is 2.19. The molecule has 1 saturated heterocycles. The molecule has 136 valence electrons. The van der Waals surface area contributed by atoms with Crippen LogP contribution in [0.25, 0.3) is 0 Å². The number of carbonyl (C=O) groups is 2. The van der Waals surface area contributed by atoms with E-state index >= 15 is 0 Å². The summed E-state index contributed by atoms with van der Waals surface area (Å²) in [5.41, 5.74) is 2.28. The lowest BCUT2D eigenvalue weighted by Crippen LogP contribution is -2.30. The number of rotatable bonds is 5. The zero-order valence-corrected chi connectivity index (χ0v) is 15.2. The zero-order valence-electron chi connectivity index (χ0n) is 15.2. The molecule has 5 heteroatoms. The van der Waals surface area contributed by atoms with Crippen molar-refractivity contribution in [3.8, 4) is 5.75 Å². The molecule has 26 heavy (non-hydrogen) atoms. The summed E-state index contributed by atoms with van der Waals surface area (Å²) in [6.45, 7) is 5.30. The predicted octanol–water partition coefficient (Wildman–Crippen LogP) is 3.64. The molecule has 1 heterocycles. The van der Waals surface area contributed by atoms with Gasteiger partial charge in [-0.1, -0.05) is 18.2 Å². The first-order valence-corrected chi connectivity index (χ1v) is 8.97. The van der Waals surface area contributed by atoms with E-state index in [0.29, 0.717) is 17.0 Å². The van der Waals surface area contributed by atoms with Crippen LogP contribution in [0.15, 0.2) is 48.5 Å². The van der Waals surface area contributed by atoms with Gasteiger partial charge in [-0.2, -0.15) is 0 Å². The fourth-order valence-corrected chi connectivity index (χ4v) is 2.98. The van der Waals surface area contributed by atoms with Crippen LogP contribution in [0.1, 0.15) is 35.7 Å². The quantitative estimate of drug-likeness (QED) is 0.894. The molecule has 0 saturated carbocycles. The second kappa shape index (κ2) is 8.04. The van der Waals surface area contributed by atoms with E-state index < -0.39 is 6.10 Å². The number of nitrogens with zero attached hydrogens (tertiary/aromatic N) is 1. The van der Waals surface area contributed by atoms with Crippen molar-refractivity contribution < 1.29 is 14.3 Å². The minimum atomic E-state index is -0.623. The van der Waals surface area contributed by atoms with E-state index in [1.165, 1.54) is 0 Å². The molecule has 0 unspecified atom stereocenters. The van der Waals surface area contributed by atoms with Crippen molar-refractivity contribution in [3.05, 3.63) is 59.7 Å². The fraction of sp³-hybridized carbons (Fsp3) is 0.333. The number of amides is 2. The zero-order chi connectivity index (χ0) is 18.5. The van der Waals surface area contributed by atoms with E-state index in [-0.39, 0.29) is 11.8 Å². The fourth-order valence-electron chi connectivity index (χ4n) is 2.98. The minimum absolute atomic E-state index is 0.0524. The largest absolute Gasteiger partial charge is 0.481 e. The molecule has 1 N–H and O–H groups in total. The third kappa shape index (κ3) is 4.23. The van der Waals surface area contributed by atoms with Crippen LogP contribution in [0.5, 0.6) is 5.75 Å². The Balaban J connectivity index is 1.58. The molecule has 1 atom stereocenters. The van der Waals surface area contributed by atoms with Crippen molar-refractivity contribution in [2.24, 2.45) is 0 Å². The molecular weight excluding hydrogens is 328 g/mol. The van der Waals surface area contributed by atoms with Gasteiger partial charge in [-0.05, 0) is 62.6 Å². The molecule has 5 nitrogen and oxygen atoms in total. The number of nitrogens with one attached hydrogen (secondary N) is 1. The number of aryl methyl sites for hydroxylation is 1. The Morgan fingerprint density at radius 1 is 1.04 bits per heavy atom. The first-order chi connectivity index (χ1) is 12.5. The van der Waals surface area contributed by atoms with Crippen LogP contribution in [0.3, 0.4) is 0 Å². The van der Waals surface area contributed by atoms with Gasteiger partial charge in [0.25, 0.3) is 11.8 Å². The lowest BCUT2D eigenvalue weighted by Gasteiger charge is -2.17. The smallest absolute Gasteiger partial charge is 0.265 e. The Kier molecular flexibility index (Phi) is 5.56. The SMILES string of the molecule is Cc1ccccc1O[C@H](C)C(=O)Nc1ccc(C(=O)N2CCCC2)cc1. The van der Waals surface area contributed by atoms with Gasteiger partial charge in [0.2, 0.25) is 0 Å². The van der Waals surface area contributed by atoms with Crippen molar-refractivity contribution in [1.82, 2.24) is 4.90 Å². The molecule has 0 bridgehead atoms. The van der Waals surface area contributed by atoms with Gasteiger partial charge in [0.1, 0.15) is 5.75 Å². The third-order valence-electron chi connectivity index (χ3n) is 4.56. The molecule has 2 aromatic carbocycles. The minimum Gasteiger partial charge on any atom is -0.481 e. The molecule has 0 aliphatic carbocycles. The van der Waals surface area contributed by atoms with E-state index in [1.807, 2.05) is 36.1 Å².